The Morgan fingerprint density at radius 1 is 0.846 bits per heavy atom. The molecule has 1 heterocycles. The second-order valence-corrected chi connectivity index (χ2v) is 11.7. The predicted octanol–water partition coefficient (Wildman–Crippen LogP) is 6.67. The third-order valence-corrected chi connectivity index (χ3v) is 10.1. The number of hydrogen-bond donors (Lipinski definition) is 1. The quantitative estimate of drug-likeness (QED) is 0.578. The summed E-state index contributed by atoms with van der Waals surface area (Å²) in [5.41, 5.74) is 1.28. The monoisotopic (exact) mass is 359 g/mol. The molecule has 8 atom stereocenters. The molecule has 1 saturated heterocycles. The van der Waals surface area contributed by atoms with Gasteiger partial charge in [-0.1, -0.05) is 53.9 Å². The highest BCUT2D eigenvalue weighted by Crippen LogP contribution is 2.66. The van der Waals surface area contributed by atoms with Crippen LogP contribution in [0.5, 0.6) is 0 Å². The van der Waals surface area contributed by atoms with Crippen LogP contribution < -0.4 is 5.32 Å². The van der Waals surface area contributed by atoms with E-state index >= 15 is 0 Å². The van der Waals surface area contributed by atoms with Gasteiger partial charge in [-0.05, 0) is 97.8 Å². The number of rotatable bonds is 5. The summed E-state index contributed by atoms with van der Waals surface area (Å²) in [5.74, 6) is 5.93. The molecule has 0 unspecified atom stereocenters. The summed E-state index contributed by atoms with van der Waals surface area (Å²) in [6.07, 6.45) is 14.9. The summed E-state index contributed by atoms with van der Waals surface area (Å²) >= 11 is 0. The van der Waals surface area contributed by atoms with Crippen molar-refractivity contribution in [2.24, 2.45) is 46.3 Å². The molecule has 0 aromatic heterocycles. The predicted molar refractivity (Wildman–Crippen MR) is 112 cm³/mol. The van der Waals surface area contributed by atoms with Crippen molar-refractivity contribution >= 4 is 0 Å². The van der Waals surface area contributed by atoms with Crippen molar-refractivity contribution in [3.05, 3.63) is 0 Å². The van der Waals surface area contributed by atoms with Gasteiger partial charge in [0.05, 0.1) is 0 Å². The van der Waals surface area contributed by atoms with E-state index in [0.29, 0.717) is 10.8 Å². The maximum Gasteiger partial charge on any atom is 0.0124 e. The van der Waals surface area contributed by atoms with Crippen molar-refractivity contribution in [1.82, 2.24) is 5.32 Å². The Labute approximate surface area is 163 Å². The molecule has 4 aliphatic rings. The van der Waals surface area contributed by atoms with E-state index in [9.17, 15) is 0 Å². The lowest BCUT2D eigenvalue weighted by Gasteiger charge is -2.58. The summed E-state index contributed by atoms with van der Waals surface area (Å²) in [4.78, 5) is 0. The van der Waals surface area contributed by atoms with E-state index in [1.807, 2.05) is 0 Å². The van der Waals surface area contributed by atoms with E-state index in [1.165, 1.54) is 64.3 Å². The van der Waals surface area contributed by atoms with Crippen LogP contribution in [0.1, 0.15) is 98.8 Å². The van der Waals surface area contributed by atoms with Gasteiger partial charge in [-0.3, -0.25) is 0 Å². The summed E-state index contributed by atoms with van der Waals surface area (Å²) in [7, 11) is 0. The van der Waals surface area contributed by atoms with Crippen LogP contribution in [0.2, 0.25) is 0 Å². The first-order chi connectivity index (χ1) is 12.4. The average Bonchev–Trinajstić information content (AvgIpc) is 3.13. The first kappa shape index (κ1) is 19.3. The Hall–Kier alpha value is -0.0400. The molecule has 0 aromatic carbocycles. The van der Waals surface area contributed by atoms with Gasteiger partial charge in [0.15, 0.2) is 0 Å². The summed E-state index contributed by atoms with van der Waals surface area (Å²) in [5, 5.41) is 3.86. The smallest absolute Gasteiger partial charge is 0.0124 e. The molecular formula is C25H45N. The van der Waals surface area contributed by atoms with Gasteiger partial charge in [-0.25, -0.2) is 0 Å². The highest BCUT2D eigenvalue weighted by atomic mass is 15.0. The normalized spacial score (nSPS) is 48.9. The van der Waals surface area contributed by atoms with Crippen molar-refractivity contribution in [2.45, 2.75) is 105 Å². The molecule has 0 radical (unpaired) electrons. The van der Waals surface area contributed by atoms with E-state index in [2.05, 4.69) is 39.9 Å². The van der Waals surface area contributed by atoms with E-state index in [0.717, 1.165) is 41.5 Å². The number of fused-ring (bicyclic) bond motifs is 5. The van der Waals surface area contributed by atoms with E-state index in [-0.39, 0.29) is 0 Å². The van der Waals surface area contributed by atoms with Gasteiger partial charge in [-0.2, -0.15) is 0 Å². The minimum atomic E-state index is 0.616. The maximum absolute atomic E-state index is 3.86. The fourth-order valence-electron chi connectivity index (χ4n) is 8.69. The van der Waals surface area contributed by atoms with Crippen LogP contribution in [0, 0.1) is 46.3 Å². The lowest BCUT2D eigenvalue weighted by molar-refractivity contribution is -0.0774. The van der Waals surface area contributed by atoms with Gasteiger partial charge in [0, 0.05) is 6.04 Å². The van der Waals surface area contributed by atoms with Gasteiger partial charge in [0.2, 0.25) is 0 Å². The average molecular weight is 360 g/mol. The summed E-state index contributed by atoms with van der Waals surface area (Å²) < 4.78 is 0. The van der Waals surface area contributed by atoms with Crippen molar-refractivity contribution in [1.29, 1.82) is 0 Å². The lowest BCUT2D eigenvalue weighted by atomic mass is 9.48. The summed E-state index contributed by atoms with van der Waals surface area (Å²) in [6.45, 7) is 14.0. The van der Waals surface area contributed by atoms with E-state index < -0.39 is 0 Å². The molecule has 3 aliphatic carbocycles. The Bertz CT molecular complexity index is 498. The molecule has 0 aromatic rings. The molecule has 26 heavy (non-hydrogen) atoms. The van der Waals surface area contributed by atoms with Crippen LogP contribution in [0.3, 0.4) is 0 Å². The lowest BCUT2D eigenvalue weighted by Crippen LogP contribution is -2.54. The van der Waals surface area contributed by atoms with Crippen LogP contribution in [0.4, 0.5) is 0 Å². The molecule has 150 valence electrons. The van der Waals surface area contributed by atoms with Crippen molar-refractivity contribution < 1.29 is 0 Å². The molecule has 1 N–H and O–H groups in total. The van der Waals surface area contributed by atoms with Gasteiger partial charge in [0.25, 0.3) is 0 Å². The number of nitrogens with one attached hydrogen (secondary N) is 1. The van der Waals surface area contributed by atoms with Gasteiger partial charge in [-0.15, -0.1) is 0 Å². The zero-order valence-electron chi connectivity index (χ0n) is 18.3. The summed E-state index contributed by atoms with van der Waals surface area (Å²) in [6, 6.07) is 0.834. The first-order valence-corrected chi connectivity index (χ1v) is 12.1. The van der Waals surface area contributed by atoms with Crippen molar-refractivity contribution in [2.75, 3.05) is 6.54 Å². The second-order valence-electron chi connectivity index (χ2n) is 11.7. The van der Waals surface area contributed by atoms with Gasteiger partial charge < -0.3 is 5.32 Å². The largest absolute Gasteiger partial charge is 0.313 e. The molecule has 1 aliphatic heterocycles. The SMILES string of the molecule is CC(C)CCC[C@H](C)[C@@H]1CC[C@H]2[C@H]3CC[C@H]4NCC[C@]4(C)[C@@H]3CC[C@@]21C. The minimum absolute atomic E-state index is 0.616. The fraction of sp³-hybridized carbons (Fsp3) is 1.00. The highest BCUT2D eigenvalue weighted by molar-refractivity contribution is 5.11. The maximum atomic E-state index is 3.86. The molecule has 0 bridgehead atoms. The van der Waals surface area contributed by atoms with Crippen molar-refractivity contribution in [3.63, 3.8) is 0 Å². The Morgan fingerprint density at radius 3 is 2.38 bits per heavy atom. The van der Waals surface area contributed by atoms with Gasteiger partial charge in [0.1, 0.15) is 0 Å². The molecule has 4 rings (SSSR count). The molecular weight excluding hydrogens is 314 g/mol. The van der Waals surface area contributed by atoms with E-state index in [1.54, 1.807) is 6.42 Å². The zero-order chi connectivity index (χ0) is 18.5. The molecule has 3 saturated carbocycles. The first-order valence-electron chi connectivity index (χ1n) is 12.1. The van der Waals surface area contributed by atoms with E-state index in [4.69, 9.17) is 0 Å². The van der Waals surface area contributed by atoms with Crippen LogP contribution in [-0.2, 0) is 0 Å². The number of hydrogen-bond acceptors (Lipinski definition) is 1. The molecule has 1 heteroatoms. The zero-order valence-corrected chi connectivity index (χ0v) is 18.3. The highest BCUT2D eigenvalue weighted by Gasteiger charge is 2.60. The van der Waals surface area contributed by atoms with Crippen LogP contribution >= 0.6 is 0 Å². The van der Waals surface area contributed by atoms with Gasteiger partial charge >= 0.3 is 0 Å². The third-order valence-electron chi connectivity index (χ3n) is 10.1. The third kappa shape index (κ3) is 2.99. The minimum Gasteiger partial charge on any atom is -0.313 e. The molecule has 4 fully saturated rings. The van der Waals surface area contributed by atoms with Crippen LogP contribution in [0.15, 0.2) is 0 Å². The Morgan fingerprint density at radius 2 is 1.62 bits per heavy atom. The van der Waals surface area contributed by atoms with Crippen LogP contribution in [0.25, 0.3) is 0 Å². The molecule has 0 spiro atoms. The molecule has 1 nitrogen and oxygen atoms in total. The Balaban J connectivity index is 1.46. The van der Waals surface area contributed by atoms with Crippen molar-refractivity contribution in [3.8, 4) is 0 Å². The standard InChI is InChI=1S/C25H45N/c1-17(2)7-6-8-18(3)20-10-11-21-19-9-12-23-25(5,15-16-26-23)22(19)13-14-24(20,21)4/h17-23,26H,6-16H2,1-5H3/t18-,19+,20-,21-,22+,23+,24+,25+/m0/s1. The molecule has 0 amide bonds. The second kappa shape index (κ2) is 7.09. The fourth-order valence-corrected chi connectivity index (χ4v) is 8.69. The topological polar surface area (TPSA) is 12.0 Å². The van der Waals surface area contributed by atoms with Crippen LogP contribution in [-0.4, -0.2) is 12.6 Å². The Kier molecular flexibility index (Phi) is 5.26.